The lowest BCUT2D eigenvalue weighted by Crippen LogP contribution is -2.14. The number of hydrogen-bond acceptors (Lipinski definition) is 4. The van der Waals surface area contributed by atoms with Gasteiger partial charge in [-0.15, -0.1) is 0 Å². The first kappa shape index (κ1) is 9.93. The number of nitriles is 1. The third-order valence-electron chi connectivity index (χ3n) is 1.97. The summed E-state index contributed by atoms with van der Waals surface area (Å²) in [6.45, 7) is 0. The Labute approximate surface area is 76.8 Å². The monoisotopic (exact) mass is 199 g/mol. The minimum atomic E-state index is -3.26. The smallest absolute Gasteiger partial charge is 0.175 e. The molecule has 0 bridgehead atoms. The first-order valence-electron chi connectivity index (χ1n) is 3.88. The van der Waals surface area contributed by atoms with Crippen molar-refractivity contribution in [2.24, 2.45) is 0 Å². The SMILES string of the molecule is N#CC1=CS(=O)(=O)C(CCC=O)C1. The van der Waals surface area contributed by atoms with Gasteiger partial charge in [-0.25, -0.2) is 8.42 Å². The molecule has 0 aliphatic carbocycles. The van der Waals surface area contributed by atoms with Crippen LogP contribution in [0.1, 0.15) is 19.3 Å². The summed E-state index contributed by atoms with van der Waals surface area (Å²) in [6, 6.07) is 1.82. The van der Waals surface area contributed by atoms with Gasteiger partial charge in [0, 0.05) is 23.8 Å². The highest BCUT2D eigenvalue weighted by molar-refractivity contribution is 7.95. The number of sulfone groups is 1. The highest BCUT2D eigenvalue weighted by atomic mass is 32.2. The molecule has 4 nitrogen and oxygen atoms in total. The standard InChI is InChI=1S/C8H9NO3S/c9-5-7-4-8(2-1-3-10)13(11,12)6-7/h3,6,8H,1-2,4H2. The molecule has 1 unspecified atom stereocenters. The Bertz CT molecular complexity index is 375. The fourth-order valence-electron chi connectivity index (χ4n) is 1.30. The Morgan fingerprint density at radius 3 is 2.85 bits per heavy atom. The number of hydrogen-bond donors (Lipinski definition) is 0. The van der Waals surface area contributed by atoms with E-state index in [1.165, 1.54) is 0 Å². The summed E-state index contributed by atoms with van der Waals surface area (Å²) < 4.78 is 22.6. The average molecular weight is 199 g/mol. The first-order valence-corrected chi connectivity index (χ1v) is 5.49. The molecular weight excluding hydrogens is 190 g/mol. The van der Waals surface area contributed by atoms with E-state index in [9.17, 15) is 13.2 Å². The van der Waals surface area contributed by atoms with Gasteiger partial charge < -0.3 is 4.79 Å². The third kappa shape index (κ3) is 2.16. The van der Waals surface area contributed by atoms with Crippen molar-refractivity contribution in [1.29, 1.82) is 5.26 Å². The zero-order valence-electron chi connectivity index (χ0n) is 6.93. The summed E-state index contributed by atoms with van der Waals surface area (Å²) in [5, 5.41) is 8.94. The van der Waals surface area contributed by atoms with Gasteiger partial charge in [0.25, 0.3) is 0 Å². The number of aldehydes is 1. The number of rotatable bonds is 3. The lowest BCUT2D eigenvalue weighted by atomic mass is 10.1. The van der Waals surface area contributed by atoms with E-state index in [1.807, 2.05) is 6.07 Å². The summed E-state index contributed by atoms with van der Waals surface area (Å²) in [4.78, 5) is 10.0. The first-order chi connectivity index (χ1) is 6.10. The average Bonchev–Trinajstić information content (AvgIpc) is 2.37. The lowest BCUT2D eigenvalue weighted by Gasteiger charge is -2.05. The zero-order valence-corrected chi connectivity index (χ0v) is 7.75. The normalized spacial score (nSPS) is 24.8. The number of carbonyl (C=O) groups is 1. The van der Waals surface area contributed by atoms with E-state index in [0.717, 1.165) is 5.41 Å². The molecule has 1 rings (SSSR count). The van der Waals surface area contributed by atoms with Crippen LogP contribution in [0.5, 0.6) is 0 Å². The van der Waals surface area contributed by atoms with Crippen molar-refractivity contribution in [1.82, 2.24) is 0 Å². The van der Waals surface area contributed by atoms with E-state index in [1.54, 1.807) is 0 Å². The van der Waals surface area contributed by atoms with Crippen LogP contribution in [0.15, 0.2) is 11.0 Å². The Morgan fingerprint density at radius 1 is 1.69 bits per heavy atom. The molecule has 0 fully saturated rings. The van der Waals surface area contributed by atoms with Crippen LogP contribution in [0.25, 0.3) is 0 Å². The van der Waals surface area contributed by atoms with Gasteiger partial charge in [-0.2, -0.15) is 5.26 Å². The zero-order chi connectivity index (χ0) is 9.90. The highest BCUT2D eigenvalue weighted by Crippen LogP contribution is 2.26. The van der Waals surface area contributed by atoms with Crippen molar-refractivity contribution in [2.45, 2.75) is 24.5 Å². The molecule has 0 N–H and O–H groups in total. The fraction of sp³-hybridized carbons (Fsp3) is 0.500. The van der Waals surface area contributed by atoms with Crippen molar-refractivity contribution in [2.75, 3.05) is 0 Å². The molecule has 0 aromatic heterocycles. The summed E-state index contributed by atoms with van der Waals surface area (Å²) >= 11 is 0. The van der Waals surface area contributed by atoms with Crippen molar-refractivity contribution in [3.8, 4) is 6.07 Å². The van der Waals surface area contributed by atoms with Crippen LogP contribution in [0, 0.1) is 11.3 Å². The molecule has 0 aromatic rings. The second-order valence-electron chi connectivity index (χ2n) is 2.91. The maximum Gasteiger partial charge on any atom is 0.175 e. The number of allylic oxidation sites excluding steroid dienone is 1. The topological polar surface area (TPSA) is 75.0 Å². The minimum Gasteiger partial charge on any atom is -0.303 e. The predicted molar refractivity (Wildman–Crippen MR) is 46.3 cm³/mol. The van der Waals surface area contributed by atoms with E-state index in [4.69, 9.17) is 5.26 Å². The summed E-state index contributed by atoms with van der Waals surface area (Å²) in [6.07, 6.45) is 1.50. The summed E-state index contributed by atoms with van der Waals surface area (Å²) in [5.74, 6) is 0. The van der Waals surface area contributed by atoms with Crippen LogP contribution in [0.4, 0.5) is 0 Å². The molecule has 13 heavy (non-hydrogen) atoms. The lowest BCUT2D eigenvalue weighted by molar-refractivity contribution is -0.107. The van der Waals surface area contributed by atoms with Gasteiger partial charge in [-0.05, 0) is 6.42 Å². The molecule has 1 heterocycles. The Hall–Kier alpha value is -1.15. The molecule has 0 radical (unpaired) electrons. The molecule has 5 heteroatoms. The number of carbonyl (C=O) groups excluding carboxylic acids is 1. The van der Waals surface area contributed by atoms with Crippen molar-refractivity contribution in [3.05, 3.63) is 11.0 Å². The van der Waals surface area contributed by atoms with Gasteiger partial charge in [0.2, 0.25) is 0 Å². The maximum atomic E-state index is 11.3. The Kier molecular flexibility index (Phi) is 2.83. The molecule has 0 aromatic carbocycles. The van der Waals surface area contributed by atoms with Crippen molar-refractivity contribution in [3.63, 3.8) is 0 Å². The van der Waals surface area contributed by atoms with Gasteiger partial charge in [-0.1, -0.05) is 0 Å². The maximum absolute atomic E-state index is 11.3. The largest absolute Gasteiger partial charge is 0.303 e. The van der Waals surface area contributed by atoms with Gasteiger partial charge in [0.1, 0.15) is 6.29 Å². The van der Waals surface area contributed by atoms with Gasteiger partial charge in [-0.3, -0.25) is 0 Å². The Balaban J connectivity index is 2.75. The molecule has 0 amide bonds. The van der Waals surface area contributed by atoms with Crippen LogP contribution < -0.4 is 0 Å². The van der Waals surface area contributed by atoms with E-state index in [-0.39, 0.29) is 18.4 Å². The van der Waals surface area contributed by atoms with Gasteiger partial charge in [0.05, 0.1) is 11.3 Å². The van der Waals surface area contributed by atoms with Crippen LogP contribution in [0.2, 0.25) is 0 Å². The van der Waals surface area contributed by atoms with Crippen LogP contribution in [-0.2, 0) is 14.6 Å². The second kappa shape index (κ2) is 3.71. The van der Waals surface area contributed by atoms with Crippen LogP contribution in [-0.4, -0.2) is 20.0 Å². The molecular formula is C8H9NO3S. The summed E-state index contributed by atoms with van der Waals surface area (Å²) in [7, 11) is -3.26. The highest BCUT2D eigenvalue weighted by Gasteiger charge is 2.30. The third-order valence-corrected chi connectivity index (χ3v) is 3.91. The van der Waals surface area contributed by atoms with E-state index >= 15 is 0 Å². The van der Waals surface area contributed by atoms with E-state index in [0.29, 0.717) is 12.7 Å². The van der Waals surface area contributed by atoms with E-state index in [2.05, 4.69) is 0 Å². The van der Waals surface area contributed by atoms with Crippen molar-refractivity contribution >= 4 is 16.1 Å². The molecule has 1 atom stereocenters. The minimum absolute atomic E-state index is 0.233. The van der Waals surface area contributed by atoms with Crippen LogP contribution >= 0.6 is 0 Å². The molecule has 1 aliphatic rings. The molecule has 0 saturated carbocycles. The molecule has 0 saturated heterocycles. The molecule has 70 valence electrons. The second-order valence-corrected chi connectivity index (χ2v) is 4.99. The molecule has 0 spiro atoms. The van der Waals surface area contributed by atoms with Crippen molar-refractivity contribution < 1.29 is 13.2 Å². The fourth-order valence-corrected chi connectivity index (χ4v) is 2.91. The van der Waals surface area contributed by atoms with Gasteiger partial charge >= 0.3 is 0 Å². The Morgan fingerprint density at radius 2 is 2.38 bits per heavy atom. The van der Waals surface area contributed by atoms with Gasteiger partial charge in [0.15, 0.2) is 9.84 Å². The summed E-state index contributed by atoms with van der Waals surface area (Å²) in [5.41, 5.74) is 0.288. The quantitative estimate of drug-likeness (QED) is 0.622. The molecule has 1 aliphatic heterocycles. The number of nitrogens with zero attached hydrogens (tertiary/aromatic N) is 1. The van der Waals surface area contributed by atoms with Crippen LogP contribution in [0.3, 0.4) is 0 Å². The predicted octanol–water partition coefficient (Wildman–Crippen LogP) is 0.560. The van der Waals surface area contributed by atoms with E-state index < -0.39 is 15.1 Å².